The number of nitrogens with two attached hydrogens (primary N) is 4. The van der Waals surface area contributed by atoms with Crippen LogP contribution < -0.4 is 44.2 Å². The quantitative estimate of drug-likeness (QED) is 0.0276. The molecule has 135 heavy (non-hydrogen) atoms. The highest BCUT2D eigenvalue weighted by Gasteiger charge is 2.32. The van der Waals surface area contributed by atoms with E-state index in [1.165, 1.54) is 167 Å². The van der Waals surface area contributed by atoms with Crippen LogP contribution in [0, 0.1) is 23.7 Å². The first-order chi connectivity index (χ1) is 66.1. The number of amides is 4. The molecule has 0 unspecified atom stereocenters. The maximum absolute atomic E-state index is 13.2. The monoisotopic (exact) mass is 1800 g/mol. The molecule has 8 aliphatic carbocycles. The number of nitrogens with one attached hydrogen (secondary N) is 4. The van der Waals surface area contributed by atoms with Crippen LogP contribution in [0.2, 0.25) is 0 Å². The summed E-state index contributed by atoms with van der Waals surface area (Å²) in [6.45, 7) is 0. The number of benzene rings is 9. The smallest absolute Gasteiger partial charge is 0.229 e. The fourth-order valence-corrected chi connectivity index (χ4v) is 21.5. The molecule has 0 saturated heterocycles. The van der Waals surface area contributed by atoms with Gasteiger partial charge in [0.05, 0.1) is 81.2 Å². The Labute approximate surface area is 794 Å². The summed E-state index contributed by atoms with van der Waals surface area (Å²) in [6, 6.07) is 69.0. The second-order valence-corrected chi connectivity index (χ2v) is 38.8. The molecule has 21 rings (SSSR count). The lowest BCUT2D eigenvalue weighted by molar-refractivity contribution is -0.117. The standard InChI is InChI=1S/C31H32N4O.C29H34N4O.C28H32N4O.C27H30N4O/c32-25-13-14-26-24(19-25)12-15-27-30(26)33-28(17-20-6-2-1-3-7-20)31(34-27)35-29(36)18-21-10-11-22-8-4-5-9-23(22)16-21;30-23-15-16-24-22(19-23)14-17-25-28(24)31-26(18-21-10-5-2-6-11-21)29(32-25)33-27(34)13-7-12-20-8-3-1-4-9-20;29-22-13-14-23-21(18-22)12-15-24-27(23)30-25(17-20-9-5-2-6-10-20)28(31-24)32-26(33)16-11-19-7-3-1-4-8-19;28-21-12-13-22-20(17-21)11-14-23-26(22)29-24(15-18-7-3-1-4-8-18)27(30-23)31-25(32)16-19-9-5-2-6-10-19/h4-5,8-11,13-14,16,19-20H,1-3,6-7,12,15,17-18,32H2,(H,34,35,36);1,3-4,8-9,15-16,19,21H,2,5-7,10-14,17-18,30H2,(H,32,33,34);1,3-4,7-8,13-14,18,20H,2,5-6,9-12,15-17,29H2,(H,31,32,33);2,5-6,9-10,12-13,17-18H,1,3-4,7-8,11,14-16,28H2,(H,30,31,32). The summed E-state index contributed by atoms with van der Waals surface area (Å²) in [5.74, 6) is 4.99. The Morgan fingerprint density at radius 2 is 0.563 bits per heavy atom. The maximum Gasteiger partial charge on any atom is 0.229 e. The summed E-state index contributed by atoms with van der Waals surface area (Å²) in [5.41, 5.74) is 52.5. The number of hydrogen-bond donors (Lipinski definition) is 8. The summed E-state index contributed by atoms with van der Waals surface area (Å²) in [5, 5.41) is 14.8. The topological polar surface area (TPSA) is 324 Å². The van der Waals surface area contributed by atoms with E-state index in [1.54, 1.807) is 0 Å². The van der Waals surface area contributed by atoms with Gasteiger partial charge in [0.1, 0.15) is 0 Å². The third kappa shape index (κ3) is 24.1. The molecule has 8 aliphatic rings. The number of nitrogen functional groups attached to an aromatic ring is 4. The highest BCUT2D eigenvalue weighted by Crippen LogP contribution is 2.43. The second-order valence-electron chi connectivity index (χ2n) is 38.8. The molecular formula is C115H128N16O4. The average molecular weight is 1800 g/mol. The summed E-state index contributed by atoms with van der Waals surface area (Å²) in [7, 11) is 0. The van der Waals surface area contributed by atoms with Crippen molar-refractivity contribution in [2.24, 2.45) is 23.7 Å². The average Bonchev–Trinajstić information content (AvgIpc) is 0.781. The largest absolute Gasteiger partial charge is 0.399 e. The normalized spacial score (nSPS) is 15.5. The Morgan fingerprint density at radius 3 is 0.911 bits per heavy atom. The van der Waals surface area contributed by atoms with Gasteiger partial charge in [0.15, 0.2) is 23.3 Å². The van der Waals surface area contributed by atoms with Crippen molar-refractivity contribution in [3.05, 3.63) is 296 Å². The van der Waals surface area contributed by atoms with Crippen LogP contribution in [-0.4, -0.2) is 63.5 Å². The summed E-state index contributed by atoms with van der Waals surface area (Å²) >= 11 is 0. The molecule has 4 aromatic heterocycles. The molecule has 4 fully saturated rings. The number of hydrogen-bond acceptors (Lipinski definition) is 16. The minimum atomic E-state index is -0.0478. The van der Waals surface area contributed by atoms with E-state index in [9.17, 15) is 19.2 Å². The van der Waals surface area contributed by atoms with Gasteiger partial charge >= 0.3 is 0 Å². The molecular weight excluding hydrogens is 1670 g/mol. The minimum absolute atomic E-state index is 0.00183. The van der Waals surface area contributed by atoms with Gasteiger partial charge in [-0.15, -0.1) is 0 Å². The lowest BCUT2D eigenvalue weighted by Gasteiger charge is -2.24. The van der Waals surface area contributed by atoms with E-state index in [1.807, 2.05) is 109 Å². The number of carbonyl (C=O) groups excluding carboxylic acids is 4. The highest BCUT2D eigenvalue weighted by molar-refractivity contribution is 5.95. The first kappa shape index (κ1) is 92.1. The van der Waals surface area contributed by atoms with Crippen LogP contribution in [0.5, 0.6) is 0 Å². The second kappa shape index (κ2) is 44.2. The first-order valence-electron chi connectivity index (χ1n) is 50.0. The van der Waals surface area contributed by atoms with E-state index < -0.39 is 0 Å². The van der Waals surface area contributed by atoms with Gasteiger partial charge in [0.2, 0.25) is 23.6 Å². The molecule has 4 saturated carbocycles. The van der Waals surface area contributed by atoms with Crippen LogP contribution in [0.15, 0.2) is 206 Å². The number of carbonyl (C=O) groups is 4. The number of aryl methyl sites for hydroxylation is 10. The predicted octanol–water partition coefficient (Wildman–Crippen LogP) is 22.8. The van der Waals surface area contributed by atoms with Crippen molar-refractivity contribution in [3.63, 3.8) is 0 Å². The van der Waals surface area contributed by atoms with Gasteiger partial charge in [0, 0.05) is 57.8 Å². The molecule has 0 spiro atoms. The number of fused-ring (bicyclic) bond motifs is 13. The fraction of sp³-hybridized carbons (Fsp3) is 0.374. The molecule has 0 radical (unpaired) electrons. The van der Waals surface area contributed by atoms with Gasteiger partial charge in [-0.25, -0.2) is 39.9 Å². The van der Waals surface area contributed by atoms with E-state index >= 15 is 0 Å². The van der Waals surface area contributed by atoms with Gasteiger partial charge < -0.3 is 44.2 Å². The Kier molecular flexibility index (Phi) is 30.2. The molecule has 0 bridgehead atoms. The van der Waals surface area contributed by atoms with E-state index in [2.05, 4.69) is 118 Å². The molecule has 20 nitrogen and oxygen atoms in total. The lowest BCUT2D eigenvalue weighted by atomic mass is 9.85. The zero-order valence-electron chi connectivity index (χ0n) is 78.0. The lowest BCUT2D eigenvalue weighted by Crippen LogP contribution is -2.21. The minimum Gasteiger partial charge on any atom is -0.399 e. The van der Waals surface area contributed by atoms with E-state index in [-0.39, 0.29) is 23.6 Å². The van der Waals surface area contributed by atoms with Crippen LogP contribution in [0.1, 0.15) is 238 Å². The highest BCUT2D eigenvalue weighted by atomic mass is 16.2. The Morgan fingerprint density at radius 1 is 0.267 bits per heavy atom. The molecule has 9 aromatic carbocycles. The van der Waals surface area contributed by atoms with E-state index in [0.717, 1.165) is 226 Å². The van der Waals surface area contributed by atoms with Gasteiger partial charge in [-0.2, -0.15) is 0 Å². The Bertz CT molecular complexity index is 6380. The van der Waals surface area contributed by atoms with Crippen molar-refractivity contribution in [2.45, 2.75) is 250 Å². The van der Waals surface area contributed by atoms with Gasteiger partial charge in [-0.1, -0.05) is 286 Å². The Balaban J connectivity index is 0.000000120. The van der Waals surface area contributed by atoms with Crippen molar-refractivity contribution in [1.82, 2.24) is 39.9 Å². The number of nitrogens with zero attached hydrogens (tertiary/aromatic N) is 8. The maximum atomic E-state index is 13.2. The fourth-order valence-electron chi connectivity index (χ4n) is 21.5. The number of anilines is 8. The van der Waals surface area contributed by atoms with Crippen LogP contribution in [0.25, 0.3) is 55.8 Å². The molecule has 12 N–H and O–H groups in total. The van der Waals surface area contributed by atoms with Gasteiger partial charge in [-0.05, 0) is 224 Å². The molecule has 4 amide bonds. The van der Waals surface area contributed by atoms with Crippen molar-refractivity contribution in [2.75, 3.05) is 44.2 Å². The zero-order valence-corrected chi connectivity index (χ0v) is 78.0. The van der Waals surface area contributed by atoms with Crippen LogP contribution in [-0.2, 0) is 122 Å². The van der Waals surface area contributed by atoms with Crippen LogP contribution >= 0.6 is 0 Å². The van der Waals surface area contributed by atoms with Crippen LogP contribution in [0.4, 0.5) is 46.0 Å². The van der Waals surface area contributed by atoms with Gasteiger partial charge in [0.25, 0.3) is 0 Å². The van der Waals surface area contributed by atoms with Crippen molar-refractivity contribution < 1.29 is 19.2 Å². The number of aromatic nitrogens is 8. The summed E-state index contributed by atoms with van der Waals surface area (Å²) < 4.78 is 0. The third-order valence-electron chi connectivity index (χ3n) is 28.7. The van der Waals surface area contributed by atoms with Crippen molar-refractivity contribution in [1.29, 1.82) is 0 Å². The summed E-state index contributed by atoms with van der Waals surface area (Å²) in [4.78, 5) is 92.2. The van der Waals surface area contributed by atoms with Crippen LogP contribution in [0.3, 0.4) is 0 Å². The predicted molar refractivity (Wildman–Crippen MR) is 545 cm³/mol. The molecule has 20 heteroatoms. The zero-order chi connectivity index (χ0) is 92.4. The molecule has 0 aliphatic heterocycles. The van der Waals surface area contributed by atoms with Crippen molar-refractivity contribution >= 4 is 80.4 Å². The molecule has 13 aromatic rings. The molecule has 4 heterocycles. The summed E-state index contributed by atoms with van der Waals surface area (Å²) in [6.07, 6.45) is 39.6. The third-order valence-corrected chi connectivity index (χ3v) is 28.7. The SMILES string of the molecule is Nc1ccc2c(c1)CCc1nc(NC(=O)CCCc3ccccc3)c(CC3CCCCC3)nc1-2.Nc1ccc2c(c1)CCc1nc(NC(=O)CCc3ccccc3)c(CC3CCCCC3)nc1-2.Nc1ccc2c(c1)CCc1nc(NC(=O)Cc3ccc4ccccc4c3)c(CC3CCCCC3)nc1-2.Nc1ccc2c(c1)CCc1nc(NC(=O)Cc3ccccc3)c(CC3CCCCC3)nc1-2. The van der Waals surface area contributed by atoms with Gasteiger partial charge in [-0.3, -0.25) is 19.2 Å². The van der Waals surface area contributed by atoms with Crippen molar-refractivity contribution in [3.8, 4) is 45.0 Å². The first-order valence-corrected chi connectivity index (χ1v) is 50.0. The number of rotatable bonds is 23. The van der Waals surface area contributed by atoms with E-state index in [0.29, 0.717) is 72.6 Å². The van der Waals surface area contributed by atoms with E-state index in [4.69, 9.17) is 62.8 Å². The Hall–Kier alpha value is -13.4. The molecule has 0 atom stereocenters. The molecule has 692 valence electrons.